The van der Waals surface area contributed by atoms with Gasteiger partial charge in [-0.15, -0.1) is 0 Å². The van der Waals surface area contributed by atoms with E-state index < -0.39 is 18.3 Å². The number of allylic oxidation sites excluding steroid dienone is 1. The van der Waals surface area contributed by atoms with Gasteiger partial charge >= 0.3 is 0 Å². The standard InChI is InChI=1S/C25H42O5/c1-14(21(29)12-26)17-4-5-18-23-19(7-9-25(17,18)3)24(2)8-6-15(22(30)13-27)10-16(24)11-20(23)28/h11,14-15,17-23,26-30H,4-10,12-13H2,1-3H3/t14?,15?,17-,18+,19+,20?,21?,22?,23+,24+,25-/m1/s1. The number of aliphatic hydroxyl groups excluding tert-OH is 5. The minimum atomic E-state index is -0.671. The Labute approximate surface area is 181 Å². The minimum Gasteiger partial charge on any atom is -0.394 e. The molecule has 0 aromatic carbocycles. The Hall–Kier alpha value is -0.460. The molecule has 30 heavy (non-hydrogen) atoms. The molecule has 4 aliphatic carbocycles. The van der Waals surface area contributed by atoms with E-state index >= 15 is 0 Å². The van der Waals surface area contributed by atoms with Crippen LogP contribution < -0.4 is 0 Å². The van der Waals surface area contributed by atoms with Crippen molar-refractivity contribution in [1.82, 2.24) is 0 Å². The first-order valence-corrected chi connectivity index (χ1v) is 12.1. The molecule has 5 N–H and O–H groups in total. The molecule has 3 fully saturated rings. The van der Waals surface area contributed by atoms with Crippen molar-refractivity contribution in [2.45, 2.75) is 84.0 Å². The molecule has 5 nitrogen and oxygen atoms in total. The van der Waals surface area contributed by atoms with Crippen molar-refractivity contribution in [2.24, 2.45) is 46.3 Å². The quantitative estimate of drug-likeness (QED) is 0.438. The Morgan fingerprint density at radius 1 is 1.00 bits per heavy atom. The summed E-state index contributed by atoms with van der Waals surface area (Å²) in [5.74, 6) is 1.68. The fourth-order valence-electron chi connectivity index (χ4n) is 8.49. The molecule has 0 aromatic heterocycles. The topological polar surface area (TPSA) is 101 Å². The summed E-state index contributed by atoms with van der Waals surface area (Å²) in [4.78, 5) is 0. The third kappa shape index (κ3) is 3.31. The fourth-order valence-corrected chi connectivity index (χ4v) is 8.49. The van der Waals surface area contributed by atoms with Crippen molar-refractivity contribution in [2.75, 3.05) is 13.2 Å². The highest BCUT2D eigenvalue weighted by molar-refractivity contribution is 5.28. The van der Waals surface area contributed by atoms with Gasteiger partial charge in [0.15, 0.2) is 0 Å². The Morgan fingerprint density at radius 3 is 2.40 bits per heavy atom. The van der Waals surface area contributed by atoms with Crippen molar-refractivity contribution >= 4 is 0 Å². The van der Waals surface area contributed by atoms with Crippen LogP contribution in [-0.4, -0.2) is 57.1 Å². The molecule has 11 atom stereocenters. The highest BCUT2D eigenvalue weighted by Gasteiger charge is 2.61. The Bertz CT molecular complexity index is 664. The average Bonchev–Trinajstić information content (AvgIpc) is 3.09. The van der Waals surface area contributed by atoms with E-state index in [9.17, 15) is 25.5 Å². The van der Waals surface area contributed by atoms with Crippen LogP contribution in [0.3, 0.4) is 0 Å². The molecule has 3 saturated carbocycles. The fraction of sp³-hybridized carbons (Fsp3) is 0.920. The number of hydrogen-bond acceptors (Lipinski definition) is 5. The van der Waals surface area contributed by atoms with Crippen molar-refractivity contribution in [3.05, 3.63) is 11.6 Å². The van der Waals surface area contributed by atoms with Gasteiger partial charge in [0.1, 0.15) is 0 Å². The monoisotopic (exact) mass is 422 g/mol. The lowest BCUT2D eigenvalue weighted by molar-refractivity contribution is -0.105. The van der Waals surface area contributed by atoms with E-state index in [4.69, 9.17) is 0 Å². The van der Waals surface area contributed by atoms with Gasteiger partial charge in [0, 0.05) is 0 Å². The second-order valence-corrected chi connectivity index (χ2v) is 11.5. The molecular formula is C25H42O5. The number of aliphatic hydroxyl groups is 5. The van der Waals surface area contributed by atoms with Crippen LogP contribution in [0.15, 0.2) is 11.6 Å². The molecular weight excluding hydrogens is 380 g/mol. The van der Waals surface area contributed by atoms with E-state index in [0.29, 0.717) is 17.8 Å². The molecule has 0 saturated heterocycles. The highest BCUT2D eigenvalue weighted by Crippen LogP contribution is 2.67. The summed E-state index contributed by atoms with van der Waals surface area (Å²) in [6, 6.07) is 0. The van der Waals surface area contributed by atoms with E-state index in [1.807, 2.05) is 0 Å². The molecule has 0 aliphatic heterocycles. The Kier molecular flexibility index (Phi) is 6.17. The van der Waals surface area contributed by atoms with Gasteiger partial charge in [0.2, 0.25) is 0 Å². The van der Waals surface area contributed by atoms with E-state index in [1.165, 1.54) is 5.57 Å². The predicted octanol–water partition coefficient (Wildman–Crippen LogP) is 2.49. The molecule has 0 radical (unpaired) electrons. The second-order valence-electron chi connectivity index (χ2n) is 11.5. The van der Waals surface area contributed by atoms with Gasteiger partial charge in [-0.1, -0.05) is 32.4 Å². The first-order chi connectivity index (χ1) is 14.2. The van der Waals surface area contributed by atoms with E-state index in [1.54, 1.807) is 0 Å². The first kappa shape index (κ1) is 22.7. The van der Waals surface area contributed by atoms with Crippen LogP contribution in [0.25, 0.3) is 0 Å². The third-order valence-electron chi connectivity index (χ3n) is 10.4. The van der Waals surface area contributed by atoms with Crippen molar-refractivity contribution in [3.8, 4) is 0 Å². The zero-order chi connectivity index (χ0) is 21.8. The molecule has 0 aromatic rings. The van der Waals surface area contributed by atoms with Crippen LogP contribution in [0.5, 0.6) is 0 Å². The molecule has 0 spiro atoms. The summed E-state index contributed by atoms with van der Waals surface area (Å²) in [6.07, 6.45) is 7.39. The van der Waals surface area contributed by atoms with Crippen LogP contribution in [0.1, 0.15) is 65.7 Å². The van der Waals surface area contributed by atoms with Crippen LogP contribution in [0, 0.1) is 46.3 Å². The van der Waals surface area contributed by atoms with E-state index in [0.717, 1.165) is 44.9 Å². The average molecular weight is 423 g/mol. The van der Waals surface area contributed by atoms with Crippen molar-refractivity contribution in [1.29, 1.82) is 0 Å². The number of hydrogen-bond donors (Lipinski definition) is 5. The maximum Gasteiger partial charge on any atom is 0.0802 e. The van der Waals surface area contributed by atoms with Gasteiger partial charge < -0.3 is 25.5 Å². The third-order valence-corrected chi connectivity index (χ3v) is 10.4. The lowest BCUT2D eigenvalue weighted by atomic mass is 9.46. The van der Waals surface area contributed by atoms with Gasteiger partial charge in [-0.3, -0.25) is 0 Å². The molecule has 0 heterocycles. The molecule has 5 unspecified atom stereocenters. The number of rotatable bonds is 5. The molecule has 5 heteroatoms. The molecule has 4 aliphatic rings. The summed E-state index contributed by atoms with van der Waals surface area (Å²) in [5, 5.41) is 50.7. The molecule has 0 amide bonds. The van der Waals surface area contributed by atoms with Gasteiger partial charge in [-0.05, 0) is 91.3 Å². The second kappa shape index (κ2) is 8.15. The normalized spacial score (nSPS) is 48.7. The molecule has 0 bridgehead atoms. The summed E-state index contributed by atoms with van der Waals surface area (Å²) in [7, 11) is 0. The zero-order valence-corrected chi connectivity index (χ0v) is 18.9. The van der Waals surface area contributed by atoms with Crippen LogP contribution in [-0.2, 0) is 0 Å². The van der Waals surface area contributed by atoms with Gasteiger partial charge in [-0.2, -0.15) is 0 Å². The maximum absolute atomic E-state index is 11.3. The summed E-state index contributed by atoms with van der Waals surface area (Å²) < 4.78 is 0. The molecule has 4 rings (SSSR count). The van der Waals surface area contributed by atoms with Gasteiger partial charge in [0.05, 0.1) is 31.5 Å². The largest absolute Gasteiger partial charge is 0.394 e. The predicted molar refractivity (Wildman–Crippen MR) is 115 cm³/mol. The Balaban J connectivity index is 1.61. The van der Waals surface area contributed by atoms with Crippen molar-refractivity contribution < 1.29 is 25.5 Å². The van der Waals surface area contributed by atoms with Crippen LogP contribution in [0.4, 0.5) is 0 Å². The lowest BCUT2D eigenvalue weighted by Crippen LogP contribution is -2.55. The Morgan fingerprint density at radius 2 is 1.73 bits per heavy atom. The number of fused-ring (bicyclic) bond motifs is 5. The smallest absolute Gasteiger partial charge is 0.0802 e. The SMILES string of the molecule is CC(C(O)CO)[C@H]1CC[C@H]2[C@@H]3C(O)C=C4CC(C(O)CO)CC[C@]4(C)[C@H]3CC[C@]12C. The summed E-state index contributed by atoms with van der Waals surface area (Å²) in [5.41, 5.74) is 1.47. The minimum absolute atomic E-state index is 0.0689. The van der Waals surface area contributed by atoms with Crippen LogP contribution in [0.2, 0.25) is 0 Å². The van der Waals surface area contributed by atoms with Gasteiger partial charge in [0.25, 0.3) is 0 Å². The van der Waals surface area contributed by atoms with E-state index in [2.05, 4.69) is 26.8 Å². The van der Waals surface area contributed by atoms with Crippen molar-refractivity contribution in [3.63, 3.8) is 0 Å². The van der Waals surface area contributed by atoms with Gasteiger partial charge in [-0.25, -0.2) is 0 Å². The lowest BCUT2D eigenvalue weighted by Gasteiger charge is -2.60. The zero-order valence-electron chi connectivity index (χ0n) is 18.9. The summed E-state index contributed by atoms with van der Waals surface area (Å²) >= 11 is 0. The van der Waals surface area contributed by atoms with E-state index in [-0.39, 0.29) is 41.8 Å². The first-order valence-electron chi connectivity index (χ1n) is 12.1. The van der Waals surface area contributed by atoms with Crippen LogP contribution >= 0.6 is 0 Å². The maximum atomic E-state index is 11.3. The highest BCUT2D eigenvalue weighted by atomic mass is 16.3. The summed E-state index contributed by atoms with van der Waals surface area (Å²) in [6.45, 7) is 6.45. The molecule has 172 valence electrons.